The molecule has 3 aromatic carbocycles. The van der Waals surface area contributed by atoms with Crippen LogP contribution in [0.3, 0.4) is 0 Å². The Hall–Kier alpha value is -3.61. The quantitative estimate of drug-likeness (QED) is 0.403. The summed E-state index contributed by atoms with van der Waals surface area (Å²) in [6.45, 7) is 0.523. The van der Waals surface area contributed by atoms with Crippen LogP contribution in [0.5, 0.6) is 0 Å². The maximum Gasteiger partial charge on any atom is 0.244 e. The predicted octanol–water partition coefficient (Wildman–Crippen LogP) is 4.52. The van der Waals surface area contributed by atoms with Crippen LogP contribution in [0.15, 0.2) is 125 Å². The van der Waals surface area contributed by atoms with Crippen molar-refractivity contribution in [3.8, 4) is 0 Å². The summed E-state index contributed by atoms with van der Waals surface area (Å²) in [7, 11) is -3.64. The van der Waals surface area contributed by atoms with Crippen molar-refractivity contribution in [1.29, 1.82) is 0 Å². The molecule has 33 heavy (non-hydrogen) atoms. The standard InChI is InChI=1S/C27H23N3O2S/c31-33(32,25-17-10-18-28-19-25)30-20-27(21-30,24-15-8-3-9-16-24)29-26(22-11-4-1-5-12-22)23-13-6-2-7-14-23/h1-19H,20-21H2. The van der Waals surface area contributed by atoms with E-state index >= 15 is 0 Å². The molecule has 164 valence electrons. The summed E-state index contributed by atoms with van der Waals surface area (Å²) in [5.74, 6) is 0. The van der Waals surface area contributed by atoms with Crippen LogP contribution < -0.4 is 0 Å². The molecule has 0 aliphatic carbocycles. The number of aliphatic imine (C=N–C) groups is 1. The summed E-state index contributed by atoms with van der Waals surface area (Å²) in [5.41, 5.74) is 3.14. The van der Waals surface area contributed by atoms with Gasteiger partial charge in [-0.25, -0.2) is 8.42 Å². The van der Waals surface area contributed by atoms with E-state index in [2.05, 4.69) is 4.98 Å². The minimum absolute atomic E-state index is 0.196. The molecule has 2 heterocycles. The van der Waals surface area contributed by atoms with E-state index in [1.54, 1.807) is 18.3 Å². The van der Waals surface area contributed by atoms with Gasteiger partial charge >= 0.3 is 0 Å². The second kappa shape index (κ2) is 8.73. The fraction of sp³-hybridized carbons (Fsp3) is 0.111. The van der Waals surface area contributed by atoms with Crippen LogP contribution in [0, 0.1) is 0 Å². The van der Waals surface area contributed by atoms with Crippen molar-refractivity contribution in [3.05, 3.63) is 132 Å². The van der Waals surface area contributed by atoms with Gasteiger partial charge in [-0.1, -0.05) is 91.0 Å². The molecule has 4 aromatic rings. The lowest BCUT2D eigenvalue weighted by Gasteiger charge is -2.47. The zero-order valence-electron chi connectivity index (χ0n) is 18.0. The summed E-state index contributed by atoms with van der Waals surface area (Å²) in [5, 5.41) is 0. The maximum absolute atomic E-state index is 13.2. The van der Waals surface area contributed by atoms with Crippen molar-refractivity contribution < 1.29 is 8.42 Å². The van der Waals surface area contributed by atoms with E-state index < -0.39 is 15.6 Å². The minimum atomic E-state index is -3.64. The lowest BCUT2D eigenvalue weighted by Crippen LogP contribution is -2.60. The number of sulfonamides is 1. The number of pyridine rings is 1. The van der Waals surface area contributed by atoms with E-state index in [9.17, 15) is 8.42 Å². The number of aromatic nitrogens is 1. The van der Waals surface area contributed by atoms with Crippen molar-refractivity contribution in [1.82, 2.24) is 9.29 Å². The molecule has 1 saturated heterocycles. The zero-order chi connectivity index (χ0) is 22.7. The number of nitrogens with zero attached hydrogens (tertiary/aromatic N) is 3. The Morgan fingerprint density at radius 2 is 1.30 bits per heavy atom. The third kappa shape index (κ3) is 4.11. The first kappa shape index (κ1) is 21.2. The molecule has 0 N–H and O–H groups in total. The first-order valence-electron chi connectivity index (χ1n) is 10.7. The van der Waals surface area contributed by atoms with Crippen molar-refractivity contribution in [2.45, 2.75) is 10.4 Å². The molecule has 0 spiro atoms. The second-order valence-electron chi connectivity index (χ2n) is 8.05. The lowest BCUT2D eigenvalue weighted by molar-refractivity contribution is 0.161. The van der Waals surface area contributed by atoms with E-state index in [0.29, 0.717) is 0 Å². The monoisotopic (exact) mass is 453 g/mol. The smallest absolute Gasteiger partial charge is 0.244 e. The molecule has 0 bridgehead atoms. The Balaban J connectivity index is 1.60. The summed E-state index contributed by atoms with van der Waals surface area (Å²) in [4.78, 5) is 9.45. The van der Waals surface area contributed by atoms with Gasteiger partial charge in [0, 0.05) is 36.6 Å². The van der Waals surface area contributed by atoms with Crippen molar-refractivity contribution >= 4 is 15.7 Å². The largest absolute Gasteiger partial charge is 0.270 e. The number of hydrogen-bond acceptors (Lipinski definition) is 4. The van der Waals surface area contributed by atoms with Gasteiger partial charge in [0.25, 0.3) is 0 Å². The molecule has 6 heteroatoms. The Kier molecular flexibility index (Phi) is 5.62. The Morgan fingerprint density at radius 1 is 0.758 bits per heavy atom. The number of rotatable bonds is 6. The highest BCUT2D eigenvalue weighted by atomic mass is 32.2. The highest BCUT2D eigenvalue weighted by Gasteiger charge is 2.50. The zero-order valence-corrected chi connectivity index (χ0v) is 18.8. The Bertz CT molecular complexity index is 1310. The van der Waals surface area contributed by atoms with Crippen LogP contribution in [0.4, 0.5) is 0 Å². The highest BCUT2D eigenvalue weighted by Crippen LogP contribution is 2.40. The van der Waals surface area contributed by atoms with Crippen LogP contribution in [-0.4, -0.2) is 36.5 Å². The number of hydrogen-bond donors (Lipinski definition) is 0. The first-order valence-corrected chi connectivity index (χ1v) is 12.2. The molecule has 1 fully saturated rings. The maximum atomic E-state index is 13.2. The van der Waals surface area contributed by atoms with E-state index in [4.69, 9.17) is 4.99 Å². The first-order chi connectivity index (χ1) is 16.1. The van der Waals surface area contributed by atoms with Gasteiger partial charge in [-0.05, 0) is 17.7 Å². The fourth-order valence-corrected chi connectivity index (χ4v) is 5.63. The van der Waals surface area contributed by atoms with Crippen LogP contribution in [-0.2, 0) is 15.6 Å². The van der Waals surface area contributed by atoms with E-state index in [1.165, 1.54) is 10.5 Å². The van der Waals surface area contributed by atoms with Gasteiger partial charge in [0.2, 0.25) is 10.0 Å². The SMILES string of the molecule is O=S(=O)(c1cccnc1)N1CC(N=C(c2ccccc2)c2ccccc2)(c2ccccc2)C1. The minimum Gasteiger partial charge on any atom is -0.270 e. The van der Waals surface area contributed by atoms with Crippen molar-refractivity contribution in [2.75, 3.05) is 13.1 Å². The van der Waals surface area contributed by atoms with E-state index in [1.807, 2.05) is 91.0 Å². The molecule has 0 unspecified atom stereocenters. The van der Waals surface area contributed by atoms with Gasteiger partial charge in [0.15, 0.2) is 0 Å². The Morgan fingerprint density at radius 3 is 1.82 bits per heavy atom. The molecular formula is C27H23N3O2S. The third-order valence-electron chi connectivity index (χ3n) is 5.88. The van der Waals surface area contributed by atoms with Crippen molar-refractivity contribution in [2.24, 2.45) is 4.99 Å². The van der Waals surface area contributed by atoms with E-state index in [-0.39, 0.29) is 18.0 Å². The summed E-state index contributed by atoms with van der Waals surface area (Å²) in [6, 6.07) is 33.2. The molecule has 5 nitrogen and oxygen atoms in total. The Labute approximate surface area is 194 Å². The van der Waals surface area contributed by atoms with Crippen LogP contribution in [0.1, 0.15) is 16.7 Å². The van der Waals surface area contributed by atoms with Gasteiger partial charge in [-0.15, -0.1) is 0 Å². The molecule has 0 radical (unpaired) electrons. The fourth-order valence-electron chi connectivity index (χ4n) is 4.12. The summed E-state index contributed by atoms with van der Waals surface area (Å²) in [6.07, 6.45) is 2.96. The highest BCUT2D eigenvalue weighted by molar-refractivity contribution is 7.89. The van der Waals surface area contributed by atoms with Gasteiger partial charge in [-0.2, -0.15) is 4.31 Å². The van der Waals surface area contributed by atoms with Gasteiger partial charge < -0.3 is 0 Å². The average Bonchev–Trinajstić information content (AvgIpc) is 2.86. The third-order valence-corrected chi connectivity index (χ3v) is 7.65. The van der Waals surface area contributed by atoms with Crippen LogP contribution in [0.2, 0.25) is 0 Å². The van der Waals surface area contributed by atoms with Crippen LogP contribution >= 0.6 is 0 Å². The molecule has 0 atom stereocenters. The lowest BCUT2D eigenvalue weighted by atomic mass is 9.84. The molecule has 0 saturated carbocycles. The molecule has 5 rings (SSSR count). The molecule has 1 aliphatic rings. The average molecular weight is 454 g/mol. The molecular weight excluding hydrogens is 430 g/mol. The molecule has 0 amide bonds. The topological polar surface area (TPSA) is 62.6 Å². The van der Waals surface area contributed by atoms with Crippen molar-refractivity contribution in [3.63, 3.8) is 0 Å². The molecule has 1 aromatic heterocycles. The summed E-state index contributed by atoms with van der Waals surface area (Å²) >= 11 is 0. The number of benzene rings is 3. The normalized spacial score (nSPS) is 15.4. The van der Waals surface area contributed by atoms with Gasteiger partial charge in [-0.3, -0.25) is 9.98 Å². The molecule has 1 aliphatic heterocycles. The van der Waals surface area contributed by atoms with Gasteiger partial charge in [0.05, 0.1) is 5.71 Å². The second-order valence-corrected chi connectivity index (χ2v) is 9.99. The van der Waals surface area contributed by atoms with Crippen LogP contribution in [0.25, 0.3) is 0 Å². The van der Waals surface area contributed by atoms with Gasteiger partial charge in [0.1, 0.15) is 10.4 Å². The van der Waals surface area contributed by atoms with E-state index in [0.717, 1.165) is 22.4 Å². The summed E-state index contributed by atoms with van der Waals surface area (Å²) < 4.78 is 27.9. The predicted molar refractivity (Wildman–Crippen MR) is 130 cm³/mol.